The highest BCUT2D eigenvalue weighted by Gasteiger charge is 2.24. The molecule has 31 heavy (non-hydrogen) atoms. The third-order valence-electron chi connectivity index (χ3n) is 5.86. The number of thiazole rings is 1. The van der Waals surface area contributed by atoms with Crippen LogP contribution in [-0.2, 0) is 14.6 Å². The molecule has 0 amide bonds. The minimum absolute atomic E-state index is 0.0648. The fraction of sp³-hybridized carbons (Fsp3) is 0.348. The molecule has 0 aliphatic carbocycles. The summed E-state index contributed by atoms with van der Waals surface area (Å²) >= 11 is 1.70. The average molecular weight is 456 g/mol. The molecule has 2 fully saturated rings. The number of nitrogens with zero attached hydrogens (tertiary/aromatic N) is 3. The summed E-state index contributed by atoms with van der Waals surface area (Å²) in [6.45, 7) is 3.45. The number of sulfone groups is 1. The Morgan fingerprint density at radius 2 is 1.68 bits per heavy atom. The van der Waals surface area contributed by atoms with Crippen molar-refractivity contribution in [1.29, 1.82) is 0 Å². The minimum atomic E-state index is -2.87. The average Bonchev–Trinajstić information content (AvgIpc) is 3.30. The van der Waals surface area contributed by atoms with E-state index < -0.39 is 9.84 Å². The first kappa shape index (κ1) is 20.5. The van der Waals surface area contributed by atoms with Gasteiger partial charge in [-0.2, -0.15) is 0 Å². The summed E-state index contributed by atoms with van der Waals surface area (Å²) in [7, 11) is -2.87. The zero-order valence-electron chi connectivity index (χ0n) is 17.2. The Bertz CT molecular complexity index is 1120. The molecule has 2 aliphatic rings. The second-order valence-electron chi connectivity index (χ2n) is 7.91. The molecular weight excluding hydrogens is 430 g/mol. The molecule has 0 N–H and O–H groups in total. The van der Waals surface area contributed by atoms with E-state index in [0.717, 1.165) is 34.3 Å². The molecule has 1 unspecified atom stereocenters. The van der Waals surface area contributed by atoms with Crippen molar-refractivity contribution in [3.63, 3.8) is 0 Å². The molecule has 0 spiro atoms. The van der Waals surface area contributed by atoms with Crippen LogP contribution >= 0.6 is 11.3 Å². The van der Waals surface area contributed by atoms with Gasteiger partial charge in [0.25, 0.3) is 0 Å². The maximum absolute atomic E-state index is 11.7. The number of rotatable bonds is 4. The summed E-state index contributed by atoms with van der Waals surface area (Å²) in [5, 5.41) is 1.02. The Kier molecular flexibility index (Phi) is 5.69. The van der Waals surface area contributed by atoms with Gasteiger partial charge in [0.2, 0.25) is 0 Å². The highest BCUT2D eigenvalue weighted by atomic mass is 32.2. The van der Waals surface area contributed by atoms with Crippen LogP contribution in [0.4, 0.5) is 10.8 Å². The molecule has 0 radical (unpaired) electrons. The van der Waals surface area contributed by atoms with Gasteiger partial charge in [-0.3, -0.25) is 0 Å². The predicted octanol–water partition coefficient (Wildman–Crippen LogP) is 3.62. The van der Waals surface area contributed by atoms with Crippen LogP contribution in [0.3, 0.4) is 0 Å². The monoisotopic (exact) mass is 455 g/mol. The zero-order valence-corrected chi connectivity index (χ0v) is 18.8. The largest absolute Gasteiger partial charge is 0.370 e. The van der Waals surface area contributed by atoms with Gasteiger partial charge >= 0.3 is 0 Å². The van der Waals surface area contributed by atoms with Crippen LogP contribution in [0.15, 0.2) is 60.8 Å². The van der Waals surface area contributed by atoms with Gasteiger partial charge in [0, 0.05) is 31.5 Å². The number of hydrogen-bond acceptors (Lipinski definition) is 7. The Labute approximate surface area is 187 Å². The van der Waals surface area contributed by atoms with Crippen molar-refractivity contribution < 1.29 is 13.2 Å². The Balaban J connectivity index is 1.27. The summed E-state index contributed by atoms with van der Waals surface area (Å²) in [6, 6.07) is 18.7. The molecule has 1 aromatic heterocycles. The van der Waals surface area contributed by atoms with Crippen molar-refractivity contribution in [3.8, 4) is 10.4 Å². The molecule has 2 saturated heterocycles. The van der Waals surface area contributed by atoms with Crippen molar-refractivity contribution in [2.45, 2.75) is 6.10 Å². The SMILES string of the molecule is O=S1(=O)CCN(c2ccc(-c3cnc(N4CCOC(c5ccccc5)C4)s3)cc2)CC1. The van der Waals surface area contributed by atoms with Crippen LogP contribution < -0.4 is 9.80 Å². The number of morpholine rings is 1. The quantitative estimate of drug-likeness (QED) is 0.599. The fourth-order valence-corrected chi connectivity index (χ4v) is 6.20. The van der Waals surface area contributed by atoms with E-state index in [2.05, 4.69) is 51.2 Å². The maximum Gasteiger partial charge on any atom is 0.186 e. The third kappa shape index (κ3) is 4.61. The van der Waals surface area contributed by atoms with Crippen LogP contribution in [0.2, 0.25) is 0 Å². The van der Waals surface area contributed by atoms with Crippen molar-refractivity contribution in [2.75, 3.05) is 54.1 Å². The summed E-state index contributed by atoms with van der Waals surface area (Å²) in [6.07, 6.45) is 2.00. The van der Waals surface area contributed by atoms with Gasteiger partial charge in [-0.15, -0.1) is 0 Å². The molecule has 0 saturated carbocycles. The molecule has 2 aliphatic heterocycles. The van der Waals surface area contributed by atoms with E-state index in [1.807, 2.05) is 24.4 Å². The molecule has 6 nitrogen and oxygen atoms in total. The van der Waals surface area contributed by atoms with E-state index in [1.165, 1.54) is 5.56 Å². The van der Waals surface area contributed by atoms with Crippen LogP contribution in [-0.4, -0.2) is 57.7 Å². The Morgan fingerprint density at radius 3 is 2.42 bits per heavy atom. The number of aromatic nitrogens is 1. The highest BCUT2D eigenvalue weighted by molar-refractivity contribution is 7.91. The Hall–Kier alpha value is -2.42. The normalized spacial score (nSPS) is 21.2. The van der Waals surface area contributed by atoms with Crippen molar-refractivity contribution in [3.05, 3.63) is 66.4 Å². The lowest BCUT2D eigenvalue weighted by molar-refractivity contribution is 0.0398. The summed E-state index contributed by atoms with van der Waals surface area (Å²) in [5.41, 5.74) is 3.40. The maximum atomic E-state index is 11.7. The molecule has 2 aromatic carbocycles. The molecule has 1 atom stereocenters. The lowest BCUT2D eigenvalue weighted by Crippen LogP contribution is -2.40. The van der Waals surface area contributed by atoms with E-state index in [-0.39, 0.29) is 17.6 Å². The van der Waals surface area contributed by atoms with E-state index in [9.17, 15) is 8.42 Å². The standard InChI is InChI=1S/C23H25N3O3S2/c27-31(28)14-11-25(12-15-31)20-8-6-19(7-9-20)22-16-24-23(30-22)26-10-13-29-21(17-26)18-4-2-1-3-5-18/h1-9,16,21H,10-15,17H2. The summed E-state index contributed by atoms with van der Waals surface area (Å²) in [4.78, 5) is 10.3. The molecule has 162 valence electrons. The first-order chi connectivity index (χ1) is 15.1. The number of hydrogen-bond donors (Lipinski definition) is 0. The van der Waals surface area contributed by atoms with Crippen molar-refractivity contribution in [2.24, 2.45) is 0 Å². The number of benzene rings is 2. The van der Waals surface area contributed by atoms with Crippen LogP contribution in [0.5, 0.6) is 0 Å². The van der Waals surface area contributed by atoms with E-state index in [4.69, 9.17) is 4.74 Å². The molecule has 3 heterocycles. The minimum Gasteiger partial charge on any atom is -0.370 e. The van der Waals surface area contributed by atoms with Gasteiger partial charge < -0.3 is 14.5 Å². The second-order valence-corrected chi connectivity index (χ2v) is 11.2. The summed E-state index contributed by atoms with van der Waals surface area (Å²) < 4.78 is 29.3. The van der Waals surface area contributed by atoms with Gasteiger partial charge in [-0.25, -0.2) is 13.4 Å². The summed E-state index contributed by atoms with van der Waals surface area (Å²) in [5.74, 6) is 0.465. The van der Waals surface area contributed by atoms with E-state index in [0.29, 0.717) is 19.7 Å². The fourth-order valence-electron chi connectivity index (χ4n) is 4.04. The van der Waals surface area contributed by atoms with Crippen LogP contribution in [0.1, 0.15) is 11.7 Å². The van der Waals surface area contributed by atoms with E-state index in [1.54, 1.807) is 11.3 Å². The second kappa shape index (κ2) is 8.61. The predicted molar refractivity (Wildman–Crippen MR) is 126 cm³/mol. The molecule has 3 aromatic rings. The smallest absolute Gasteiger partial charge is 0.186 e. The molecule has 5 rings (SSSR count). The Morgan fingerprint density at radius 1 is 0.935 bits per heavy atom. The van der Waals surface area contributed by atoms with Crippen molar-refractivity contribution >= 4 is 32.0 Å². The van der Waals surface area contributed by atoms with Gasteiger partial charge in [0.05, 0.1) is 29.5 Å². The lowest BCUT2D eigenvalue weighted by Gasteiger charge is -2.33. The van der Waals surface area contributed by atoms with Gasteiger partial charge in [-0.05, 0) is 23.3 Å². The molecule has 8 heteroatoms. The first-order valence-corrected chi connectivity index (χ1v) is 13.1. The van der Waals surface area contributed by atoms with Crippen LogP contribution in [0.25, 0.3) is 10.4 Å². The van der Waals surface area contributed by atoms with E-state index >= 15 is 0 Å². The van der Waals surface area contributed by atoms with Crippen molar-refractivity contribution in [1.82, 2.24) is 4.98 Å². The topological polar surface area (TPSA) is 62.7 Å². The number of ether oxygens (including phenoxy) is 1. The molecule has 0 bridgehead atoms. The van der Waals surface area contributed by atoms with Gasteiger partial charge in [0.15, 0.2) is 15.0 Å². The van der Waals surface area contributed by atoms with Crippen LogP contribution in [0, 0.1) is 0 Å². The third-order valence-corrected chi connectivity index (χ3v) is 8.58. The highest BCUT2D eigenvalue weighted by Crippen LogP contribution is 2.34. The lowest BCUT2D eigenvalue weighted by atomic mass is 10.1. The zero-order chi connectivity index (χ0) is 21.3. The number of anilines is 2. The van der Waals surface area contributed by atoms with Gasteiger partial charge in [0.1, 0.15) is 6.10 Å². The van der Waals surface area contributed by atoms with Gasteiger partial charge in [-0.1, -0.05) is 53.8 Å². The molecular formula is C23H25N3O3S2. The first-order valence-electron chi connectivity index (χ1n) is 10.5.